The average molecular weight is 303 g/mol. The van der Waals surface area contributed by atoms with Crippen LogP contribution in [-0.4, -0.2) is 16.0 Å². The van der Waals surface area contributed by atoms with Crippen molar-refractivity contribution in [3.05, 3.63) is 70.3 Å². The van der Waals surface area contributed by atoms with Gasteiger partial charge in [-0.2, -0.15) is 0 Å². The van der Waals surface area contributed by atoms with E-state index < -0.39 is 5.78 Å². The second kappa shape index (κ2) is 6.46. The number of aryl methyl sites for hydroxylation is 1. The Kier molecular flexibility index (Phi) is 4.66. The molecule has 21 heavy (non-hydrogen) atoms. The van der Waals surface area contributed by atoms with E-state index in [9.17, 15) is 15.0 Å². The maximum Gasteiger partial charge on any atom is 0.193 e. The van der Waals surface area contributed by atoms with Crippen molar-refractivity contribution in [2.75, 3.05) is 0 Å². The Morgan fingerprint density at radius 2 is 1.86 bits per heavy atom. The summed E-state index contributed by atoms with van der Waals surface area (Å²) in [6.07, 6.45) is 1.85. The second-order valence-corrected chi connectivity index (χ2v) is 5.04. The molecule has 0 heterocycles. The topological polar surface area (TPSA) is 57.5 Å². The van der Waals surface area contributed by atoms with Crippen LogP contribution in [0, 0.1) is 0 Å². The number of phenols is 1. The zero-order valence-electron chi connectivity index (χ0n) is 11.5. The molecule has 2 aromatic carbocycles. The number of aliphatic hydroxyl groups is 1. The second-order valence-electron chi connectivity index (χ2n) is 4.61. The number of halogens is 1. The third kappa shape index (κ3) is 3.64. The Balaban J connectivity index is 2.32. The van der Waals surface area contributed by atoms with Crippen LogP contribution >= 0.6 is 11.6 Å². The van der Waals surface area contributed by atoms with Gasteiger partial charge in [0.15, 0.2) is 5.78 Å². The number of rotatable bonds is 4. The van der Waals surface area contributed by atoms with Gasteiger partial charge in [-0.3, -0.25) is 4.79 Å². The SMILES string of the molecule is CCc1ccc(O)c(C(=O)C=C(O)c2ccc(Cl)cc2)c1. The van der Waals surface area contributed by atoms with Crippen molar-refractivity contribution in [1.82, 2.24) is 0 Å². The van der Waals surface area contributed by atoms with Gasteiger partial charge in [0.1, 0.15) is 11.5 Å². The third-order valence-electron chi connectivity index (χ3n) is 3.14. The summed E-state index contributed by atoms with van der Waals surface area (Å²) in [5.41, 5.74) is 1.60. The summed E-state index contributed by atoms with van der Waals surface area (Å²) >= 11 is 5.77. The Bertz CT molecular complexity index is 688. The number of aliphatic hydroxyl groups excluding tert-OH is 1. The summed E-state index contributed by atoms with van der Waals surface area (Å²) in [5, 5.41) is 20.3. The minimum absolute atomic E-state index is 0.0997. The number of hydrogen-bond acceptors (Lipinski definition) is 3. The number of carbonyl (C=O) groups excluding carboxylic acids is 1. The van der Waals surface area contributed by atoms with Crippen molar-refractivity contribution >= 4 is 23.1 Å². The molecule has 0 fully saturated rings. The molecule has 0 atom stereocenters. The number of aromatic hydroxyl groups is 1. The normalized spacial score (nSPS) is 11.4. The summed E-state index contributed by atoms with van der Waals surface area (Å²) in [5.74, 6) is -0.717. The molecule has 0 radical (unpaired) electrons. The van der Waals surface area contributed by atoms with E-state index in [2.05, 4.69) is 0 Å². The quantitative estimate of drug-likeness (QED) is 0.500. The van der Waals surface area contributed by atoms with E-state index in [4.69, 9.17) is 11.6 Å². The van der Waals surface area contributed by atoms with Gasteiger partial charge in [0, 0.05) is 16.7 Å². The highest BCUT2D eigenvalue weighted by Crippen LogP contribution is 2.22. The molecule has 0 spiro atoms. The van der Waals surface area contributed by atoms with Crippen LogP contribution in [0.4, 0.5) is 0 Å². The highest BCUT2D eigenvalue weighted by molar-refractivity contribution is 6.30. The molecule has 0 unspecified atom stereocenters. The Morgan fingerprint density at radius 1 is 1.19 bits per heavy atom. The summed E-state index contributed by atoms with van der Waals surface area (Å²) < 4.78 is 0. The molecule has 108 valence electrons. The minimum Gasteiger partial charge on any atom is -0.507 e. The molecule has 2 N–H and O–H groups in total. The van der Waals surface area contributed by atoms with Gasteiger partial charge in [0.2, 0.25) is 0 Å². The van der Waals surface area contributed by atoms with Crippen molar-refractivity contribution in [3.8, 4) is 5.75 Å². The molecular weight excluding hydrogens is 288 g/mol. The molecule has 4 heteroatoms. The predicted molar refractivity (Wildman–Crippen MR) is 83.9 cm³/mol. The molecule has 2 rings (SSSR count). The summed E-state index contributed by atoms with van der Waals surface area (Å²) in [6.45, 7) is 1.96. The van der Waals surface area contributed by atoms with Gasteiger partial charge < -0.3 is 10.2 Å². The number of benzene rings is 2. The van der Waals surface area contributed by atoms with E-state index in [1.807, 2.05) is 6.92 Å². The molecule has 2 aromatic rings. The molecular formula is C17H15ClO3. The highest BCUT2D eigenvalue weighted by Gasteiger charge is 2.11. The van der Waals surface area contributed by atoms with Crippen molar-refractivity contribution < 1.29 is 15.0 Å². The highest BCUT2D eigenvalue weighted by atomic mass is 35.5. The van der Waals surface area contributed by atoms with Crippen molar-refractivity contribution in [1.29, 1.82) is 0 Å². The predicted octanol–water partition coefficient (Wildman–Crippen LogP) is 4.39. The van der Waals surface area contributed by atoms with Crippen LogP contribution in [-0.2, 0) is 6.42 Å². The molecule has 0 bridgehead atoms. The molecule has 0 saturated heterocycles. The molecule has 0 amide bonds. The fraction of sp³-hybridized carbons (Fsp3) is 0.118. The maximum absolute atomic E-state index is 12.2. The molecule has 0 aromatic heterocycles. The summed E-state index contributed by atoms with van der Waals surface area (Å²) in [6, 6.07) is 11.4. The van der Waals surface area contributed by atoms with Crippen LogP contribution in [0.5, 0.6) is 5.75 Å². The van der Waals surface area contributed by atoms with Crippen molar-refractivity contribution in [2.24, 2.45) is 0 Å². The van der Waals surface area contributed by atoms with Crippen LogP contribution in [0.3, 0.4) is 0 Å². The Labute approximate surface area is 128 Å². The zero-order valence-corrected chi connectivity index (χ0v) is 12.3. The van der Waals surface area contributed by atoms with E-state index in [-0.39, 0.29) is 17.1 Å². The van der Waals surface area contributed by atoms with Crippen LogP contribution < -0.4 is 0 Å². The lowest BCUT2D eigenvalue weighted by molar-refractivity contribution is 0.104. The number of ketones is 1. The third-order valence-corrected chi connectivity index (χ3v) is 3.39. The lowest BCUT2D eigenvalue weighted by Gasteiger charge is -2.05. The fourth-order valence-corrected chi connectivity index (χ4v) is 2.03. The summed E-state index contributed by atoms with van der Waals surface area (Å²) in [7, 11) is 0. The van der Waals surface area contributed by atoms with E-state index in [0.717, 1.165) is 18.1 Å². The van der Waals surface area contributed by atoms with Crippen LogP contribution in [0.1, 0.15) is 28.4 Å². The van der Waals surface area contributed by atoms with Crippen LogP contribution in [0.15, 0.2) is 48.5 Å². The van der Waals surface area contributed by atoms with E-state index in [1.165, 1.54) is 6.07 Å². The van der Waals surface area contributed by atoms with Gasteiger partial charge in [0.05, 0.1) is 5.56 Å². The van der Waals surface area contributed by atoms with E-state index in [1.54, 1.807) is 36.4 Å². The first-order chi connectivity index (χ1) is 10.0. The van der Waals surface area contributed by atoms with Crippen LogP contribution in [0.2, 0.25) is 5.02 Å². The lowest BCUT2D eigenvalue weighted by Crippen LogP contribution is -1.98. The van der Waals surface area contributed by atoms with Crippen LogP contribution in [0.25, 0.3) is 5.76 Å². The monoisotopic (exact) mass is 302 g/mol. The Morgan fingerprint density at radius 3 is 2.48 bits per heavy atom. The van der Waals surface area contributed by atoms with Crippen molar-refractivity contribution in [2.45, 2.75) is 13.3 Å². The van der Waals surface area contributed by atoms with Gasteiger partial charge in [-0.1, -0.05) is 24.6 Å². The molecule has 0 aliphatic rings. The van der Waals surface area contributed by atoms with E-state index >= 15 is 0 Å². The van der Waals surface area contributed by atoms with Gasteiger partial charge in [-0.15, -0.1) is 0 Å². The minimum atomic E-state index is -0.449. The maximum atomic E-state index is 12.2. The molecule has 0 aliphatic carbocycles. The largest absolute Gasteiger partial charge is 0.507 e. The standard InChI is InChI=1S/C17H15ClO3/c1-2-11-3-8-15(19)14(9-11)17(21)10-16(20)12-4-6-13(18)7-5-12/h3-10,19-20H,2H2,1H3. The first kappa shape index (κ1) is 15.1. The number of carbonyl (C=O) groups is 1. The average Bonchev–Trinajstić information content (AvgIpc) is 2.48. The van der Waals surface area contributed by atoms with Gasteiger partial charge in [0.25, 0.3) is 0 Å². The van der Waals surface area contributed by atoms with Crippen molar-refractivity contribution in [3.63, 3.8) is 0 Å². The molecule has 0 saturated carbocycles. The molecule has 0 aliphatic heterocycles. The number of phenolic OH excluding ortho intramolecular Hbond substituents is 1. The van der Waals surface area contributed by atoms with Gasteiger partial charge in [-0.25, -0.2) is 0 Å². The fourth-order valence-electron chi connectivity index (χ4n) is 1.91. The first-order valence-electron chi connectivity index (χ1n) is 6.54. The lowest BCUT2D eigenvalue weighted by atomic mass is 10.0. The smallest absolute Gasteiger partial charge is 0.193 e. The first-order valence-corrected chi connectivity index (χ1v) is 6.92. The zero-order chi connectivity index (χ0) is 15.4. The number of allylic oxidation sites excluding steroid dienone is 1. The van der Waals surface area contributed by atoms with Gasteiger partial charge in [-0.05, 0) is 48.4 Å². The number of hydrogen-bond donors (Lipinski definition) is 2. The molecule has 3 nitrogen and oxygen atoms in total. The Hall–Kier alpha value is -2.26. The summed E-state index contributed by atoms with van der Waals surface area (Å²) in [4.78, 5) is 12.2. The van der Waals surface area contributed by atoms with Gasteiger partial charge >= 0.3 is 0 Å². The van der Waals surface area contributed by atoms with E-state index in [0.29, 0.717) is 10.6 Å².